The molecule has 0 bridgehead atoms. The lowest BCUT2D eigenvalue weighted by molar-refractivity contribution is 0.617. The van der Waals surface area contributed by atoms with Crippen LogP contribution in [0.3, 0.4) is 0 Å². The predicted octanol–water partition coefficient (Wildman–Crippen LogP) is 12.2. The van der Waals surface area contributed by atoms with Gasteiger partial charge >= 0.3 is 0 Å². The quantitative estimate of drug-likeness (QED) is 0.189. The Morgan fingerprint density at radius 2 is 1.09 bits per heavy atom. The molecule has 0 spiro atoms. The van der Waals surface area contributed by atoms with Crippen molar-refractivity contribution in [3.63, 3.8) is 0 Å². The van der Waals surface area contributed by atoms with Gasteiger partial charge in [-0.2, -0.15) is 0 Å². The molecule has 0 aliphatic carbocycles. The van der Waals surface area contributed by atoms with E-state index in [4.69, 9.17) is 13.8 Å². The number of anilines is 3. The normalized spacial score (nSPS) is 11.4. The molecule has 222 valence electrons. The molecule has 4 heteroatoms. The smallest absolute Gasteiger partial charge is 0.227 e. The van der Waals surface area contributed by atoms with Gasteiger partial charge in [0, 0.05) is 33.7 Å². The van der Waals surface area contributed by atoms with Crippen molar-refractivity contribution >= 4 is 50.1 Å². The Morgan fingerprint density at radius 1 is 0.426 bits per heavy atom. The number of para-hydroxylation sites is 2. The van der Waals surface area contributed by atoms with Crippen molar-refractivity contribution in [3.05, 3.63) is 170 Å². The summed E-state index contributed by atoms with van der Waals surface area (Å²) >= 11 is 0. The van der Waals surface area contributed by atoms with Gasteiger partial charge in [-0.25, -0.2) is 4.98 Å². The molecule has 47 heavy (non-hydrogen) atoms. The monoisotopic (exact) mass is 604 g/mol. The number of furan rings is 1. The number of oxazole rings is 1. The molecule has 0 radical (unpaired) electrons. The van der Waals surface area contributed by atoms with Gasteiger partial charge in [0.05, 0.1) is 11.4 Å². The molecule has 4 nitrogen and oxygen atoms in total. The Hall–Kier alpha value is -6.39. The molecule has 0 saturated heterocycles. The van der Waals surface area contributed by atoms with Crippen LogP contribution in [0.15, 0.2) is 179 Å². The lowest BCUT2D eigenvalue weighted by Crippen LogP contribution is -2.11. The van der Waals surface area contributed by atoms with Crippen LogP contribution in [0.5, 0.6) is 0 Å². The van der Waals surface area contributed by atoms with Gasteiger partial charge in [0.2, 0.25) is 5.89 Å². The van der Waals surface area contributed by atoms with Gasteiger partial charge in [0.1, 0.15) is 11.1 Å². The van der Waals surface area contributed by atoms with E-state index in [-0.39, 0.29) is 0 Å². The first-order valence-electron chi connectivity index (χ1n) is 15.7. The van der Waals surface area contributed by atoms with Crippen LogP contribution in [-0.2, 0) is 0 Å². The minimum Gasteiger partial charge on any atom is -0.454 e. The maximum absolute atomic E-state index is 6.74. The topological polar surface area (TPSA) is 42.4 Å². The third kappa shape index (κ3) is 4.75. The molecule has 0 saturated carbocycles. The second-order valence-electron chi connectivity index (χ2n) is 11.6. The van der Waals surface area contributed by atoms with Crippen LogP contribution in [-0.4, -0.2) is 4.98 Å². The Bertz CT molecular complexity index is 2500. The third-order valence-corrected chi connectivity index (χ3v) is 8.69. The molecule has 0 atom stereocenters. The maximum Gasteiger partial charge on any atom is 0.227 e. The van der Waals surface area contributed by atoms with E-state index in [2.05, 4.69) is 132 Å². The second-order valence-corrected chi connectivity index (χ2v) is 11.6. The van der Waals surface area contributed by atoms with Crippen molar-refractivity contribution in [2.75, 3.05) is 4.90 Å². The number of aromatic nitrogens is 1. The Morgan fingerprint density at radius 3 is 1.81 bits per heavy atom. The summed E-state index contributed by atoms with van der Waals surface area (Å²) < 4.78 is 12.9. The molecule has 0 aliphatic rings. The molecular weight excluding hydrogens is 576 g/mol. The third-order valence-electron chi connectivity index (χ3n) is 8.69. The van der Waals surface area contributed by atoms with E-state index in [1.54, 1.807) is 0 Å². The van der Waals surface area contributed by atoms with Crippen molar-refractivity contribution < 1.29 is 8.83 Å². The molecular formula is C43H28N2O2. The summed E-state index contributed by atoms with van der Waals surface area (Å²) in [6, 6.07) is 58.7. The van der Waals surface area contributed by atoms with E-state index in [1.807, 2.05) is 42.5 Å². The molecule has 7 aromatic carbocycles. The number of fused-ring (bicyclic) bond motifs is 4. The average molecular weight is 605 g/mol. The van der Waals surface area contributed by atoms with E-state index in [0.717, 1.165) is 66.8 Å². The predicted molar refractivity (Wildman–Crippen MR) is 192 cm³/mol. The summed E-state index contributed by atoms with van der Waals surface area (Å²) in [5.41, 5.74) is 11.6. The number of nitrogens with zero attached hydrogens (tertiary/aromatic N) is 2. The second kappa shape index (κ2) is 11.2. The molecule has 2 aromatic heterocycles. The molecule has 9 rings (SSSR count). The fraction of sp³-hybridized carbons (Fsp3) is 0. The maximum atomic E-state index is 6.74. The van der Waals surface area contributed by atoms with Crippen molar-refractivity contribution in [2.45, 2.75) is 0 Å². The minimum atomic E-state index is 0.598. The highest BCUT2D eigenvalue weighted by Crippen LogP contribution is 2.46. The molecule has 0 fully saturated rings. The van der Waals surface area contributed by atoms with E-state index in [1.165, 1.54) is 5.56 Å². The fourth-order valence-electron chi connectivity index (χ4n) is 6.46. The van der Waals surface area contributed by atoms with Crippen LogP contribution in [0.1, 0.15) is 0 Å². The molecule has 0 unspecified atom stereocenters. The summed E-state index contributed by atoms with van der Waals surface area (Å²) in [5.74, 6) is 0.598. The lowest BCUT2D eigenvalue weighted by Gasteiger charge is -2.28. The zero-order valence-electron chi connectivity index (χ0n) is 25.4. The van der Waals surface area contributed by atoms with Crippen LogP contribution in [0, 0.1) is 0 Å². The summed E-state index contributed by atoms with van der Waals surface area (Å²) in [7, 11) is 0. The van der Waals surface area contributed by atoms with Crippen molar-refractivity contribution in [1.82, 2.24) is 4.98 Å². The van der Waals surface area contributed by atoms with Crippen LogP contribution in [0.4, 0.5) is 17.1 Å². The van der Waals surface area contributed by atoms with Crippen molar-refractivity contribution in [2.24, 2.45) is 0 Å². The van der Waals surface area contributed by atoms with Gasteiger partial charge < -0.3 is 13.7 Å². The van der Waals surface area contributed by atoms with Gasteiger partial charge in [-0.1, -0.05) is 115 Å². The van der Waals surface area contributed by atoms with E-state index in [9.17, 15) is 0 Å². The lowest BCUT2D eigenvalue weighted by atomic mass is 9.96. The summed E-state index contributed by atoms with van der Waals surface area (Å²) in [5, 5.41) is 2.02. The number of rotatable bonds is 6. The molecule has 2 heterocycles. The van der Waals surface area contributed by atoms with Crippen LogP contribution in [0.2, 0.25) is 0 Å². The highest BCUT2D eigenvalue weighted by Gasteiger charge is 2.23. The largest absolute Gasteiger partial charge is 0.454 e. The Kier molecular flexibility index (Phi) is 6.43. The first-order chi connectivity index (χ1) is 23.3. The Balaban J connectivity index is 1.26. The van der Waals surface area contributed by atoms with Gasteiger partial charge in [-0.3, -0.25) is 0 Å². The molecule has 0 amide bonds. The van der Waals surface area contributed by atoms with Gasteiger partial charge in [0.25, 0.3) is 0 Å². The first-order valence-corrected chi connectivity index (χ1v) is 15.7. The van der Waals surface area contributed by atoms with E-state index < -0.39 is 0 Å². The summed E-state index contributed by atoms with van der Waals surface area (Å²) in [6.07, 6.45) is 0. The molecule has 0 aliphatic heterocycles. The summed E-state index contributed by atoms with van der Waals surface area (Å²) in [4.78, 5) is 7.14. The number of benzene rings is 7. The zero-order chi connectivity index (χ0) is 31.2. The SMILES string of the molecule is c1ccc(-c2ccc(N(c3ccccc3)c3cccc4c3oc3cc5oc(-c6ccccc6)nc5cc34)c(-c3ccccc3)c2)cc1. The highest BCUT2D eigenvalue weighted by atomic mass is 16.4. The minimum absolute atomic E-state index is 0.598. The van der Waals surface area contributed by atoms with Crippen LogP contribution in [0.25, 0.3) is 66.7 Å². The highest BCUT2D eigenvalue weighted by molar-refractivity contribution is 6.13. The fourth-order valence-corrected chi connectivity index (χ4v) is 6.46. The molecule has 0 N–H and O–H groups in total. The van der Waals surface area contributed by atoms with Crippen molar-refractivity contribution in [3.8, 4) is 33.7 Å². The molecule has 9 aromatic rings. The van der Waals surface area contributed by atoms with Gasteiger partial charge in [-0.05, 0) is 65.2 Å². The summed E-state index contributed by atoms with van der Waals surface area (Å²) in [6.45, 7) is 0. The first kappa shape index (κ1) is 27.0. The van der Waals surface area contributed by atoms with Crippen molar-refractivity contribution in [1.29, 1.82) is 0 Å². The average Bonchev–Trinajstić information content (AvgIpc) is 3.73. The van der Waals surface area contributed by atoms with E-state index in [0.29, 0.717) is 11.5 Å². The number of hydrogen-bond donors (Lipinski definition) is 0. The zero-order valence-corrected chi connectivity index (χ0v) is 25.4. The van der Waals surface area contributed by atoms with Crippen LogP contribution >= 0.6 is 0 Å². The van der Waals surface area contributed by atoms with Crippen LogP contribution < -0.4 is 4.90 Å². The Labute approximate surface area is 271 Å². The number of hydrogen-bond acceptors (Lipinski definition) is 4. The van der Waals surface area contributed by atoms with E-state index >= 15 is 0 Å². The van der Waals surface area contributed by atoms with Gasteiger partial charge in [0.15, 0.2) is 11.2 Å². The standard InChI is InChI=1S/C43H28N2O2/c1-5-14-29(15-6-1)32-24-25-38(35(26-32)30-16-7-2-8-17-30)45(33-20-11-4-12-21-33)39-23-13-22-34-36-27-37-41(28-40(36)46-42(34)39)47-43(44-37)31-18-9-3-10-19-31/h1-28H. The van der Waals surface area contributed by atoms with Gasteiger partial charge in [-0.15, -0.1) is 0 Å².